The molecule has 0 aliphatic heterocycles. The number of aliphatic hydroxyl groups excluding tert-OH is 3. The summed E-state index contributed by atoms with van der Waals surface area (Å²) in [6, 6.07) is -0.791. The van der Waals surface area contributed by atoms with E-state index in [0.29, 0.717) is 6.42 Å². The summed E-state index contributed by atoms with van der Waals surface area (Å²) in [7, 11) is 0. The molecular formula is C41H81NO4. The molecule has 3 unspecified atom stereocenters. The molecule has 274 valence electrons. The lowest BCUT2D eigenvalue weighted by atomic mass is 10.0. The van der Waals surface area contributed by atoms with Gasteiger partial charge in [0.2, 0.25) is 5.91 Å². The molecule has 0 bridgehead atoms. The SMILES string of the molecule is CCCCCCCCCCCCCCCCCCC/C=C/C(O)C(CO)NC(=O)C(O)CCCCCCCCCCCCCCC. The zero-order valence-electron chi connectivity index (χ0n) is 31.0. The van der Waals surface area contributed by atoms with Crippen molar-refractivity contribution in [2.24, 2.45) is 0 Å². The molecule has 5 nitrogen and oxygen atoms in total. The molecule has 1 amide bonds. The van der Waals surface area contributed by atoms with E-state index in [-0.39, 0.29) is 6.61 Å². The van der Waals surface area contributed by atoms with Crippen molar-refractivity contribution in [2.75, 3.05) is 6.61 Å². The third kappa shape index (κ3) is 31.7. The molecule has 3 atom stereocenters. The number of aliphatic hydroxyl groups is 3. The predicted molar refractivity (Wildman–Crippen MR) is 199 cm³/mol. The minimum atomic E-state index is -1.09. The Morgan fingerprint density at radius 2 is 0.848 bits per heavy atom. The molecule has 0 spiro atoms. The Morgan fingerprint density at radius 1 is 0.522 bits per heavy atom. The topological polar surface area (TPSA) is 89.8 Å². The summed E-state index contributed by atoms with van der Waals surface area (Å²) in [5.41, 5.74) is 0. The van der Waals surface area contributed by atoms with E-state index in [2.05, 4.69) is 19.2 Å². The average molecular weight is 652 g/mol. The molecule has 0 aliphatic carbocycles. The molecule has 4 N–H and O–H groups in total. The van der Waals surface area contributed by atoms with Gasteiger partial charge in [0, 0.05) is 0 Å². The number of rotatable bonds is 37. The number of unbranched alkanes of at least 4 members (excludes halogenated alkanes) is 29. The fourth-order valence-electron chi connectivity index (χ4n) is 6.36. The van der Waals surface area contributed by atoms with E-state index < -0.39 is 24.2 Å². The lowest BCUT2D eigenvalue weighted by molar-refractivity contribution is -0.131. The second kappa shape index (κ2) is 36.9. The Kier molecular flexibility index (Phi) is 36.2. The number of allylic oxidation sites excluding steroid dienone is 1. The van der Waals surface area contributed by atoms with E-state index in [9.17, 15) is 20.1 Å². The normalized spacial score (nSPS) is 13.8. The van der Waals surface area contributed by atoms with Crippen molar-refractivity contribution in [2.45, 2.75) is 238 Å². The maximum atomic E-state index is 12.4. The molecule has 5 heteroatoms. The molecule has 46 heavy (non-hydrogen) atoms. The van der Waals surface area contributed by atoms with Gasteiger partial charge in [0.1, 0.15) is 6.10 Å². The number of hydrogen-bond donors (Lipinski definition) is 4. The van der Waals surface area contributed by atoms with Crippen molar-refractivity contribution in [1.29, 1.82) is 0 Å². The Bertz CT molecular complexity index is 640. The van der Waals surface area contributed by atoms with Gasteiger partial charge in [-0.1, -0.05) is 212 Å². The van der Waals surface area contributed by atoms with Crippen molar-refractivity contribution in [3.63, 3.8) is 0 Å². The lowest BCUT2D eigenvalue weighted by Crippen LogP contribution is -2.48. The highest BCUT2D eigenvalue weighted by Crippen LogP contribution is 2.16. The van der Waals surface area contributed by atoms with Crippen LogP contribution in [0, 0.1) is 0 Å². The lowest BCUT2D eigenvalue weighted by Gasteiger charge is -2.21. The zero-order valence-corrected chi connectivity index (χ0v) is 31.0. The van der Waals surface area contributed by atoms with Crippen LogP contribution in [0.2, 0.25) is 0 Å². The fourth-order valence-corrected chi connectivity index (χ4v) is 6.36. The van der Waals surface area contributed by atoms with Crippen molar-refractivity contribution < 1.29 is 20.1 Å². The van der Waals surface area contributed by atoms with Crippen LogP contribution in [0.3, 0.4) is 0 Å². The van der Waals surface area contributed by atoms with Crippen LogP contribution >= 0.6 is 0 Å². The quantitative estimate of drug-likeness (QED) is 0.0397. The van der Waals surface area contributed by atoms with Crippen LogP contribution < -0.4 is 5.32 Å². The second-order valence-electron chi connectivity index (χ2n) is 14.2. The highest BCUT2D eigenvalue weighted by molar-refractivity contribution is 5.80. The van der Waals surface area contributed by atoms with Gasteiger partial charge in [-0.05, 0) is 19.3 Å². The van der Waals surface area contributed by atoms with Gasteiger partial charge in [0.25, 0.3) is 0 Å². The van der Waals surface area contributed by atoms with Gasteiger partial charge in [0.05, 0.1) is 18.8 Å². The van der Waals surface area contributed by atoms with Crippen LogP contribution in [0.4, 0.5) is 0 Å². The molecule has 0 aromatic carbocycles. The monoisotopic (exact) mass is 652 g/mol. The van der Waals surface area contributed by atoms with Crippen LogP contribution in [0.5, 0.6) is 0 Å². The summed E-state index contributed by atoms with van der Waals surface area (Å²) in [4.78, 5) is 12.4. The fraction of sp³-hybridized carbons (Fsp3) is 0.927. The Balaban J connectivity index is 3.67. The Labute approximate surface area is 287 Å². The number of hydrogen-bond acceptors (Lipinski definition) is 4. The molecule has 0 aromatic rings. The van der Waals surface area contributed by atoms with Gasteiger partial charge in [-0.25, -0.2) is 0 Å². The standard InChI is InChI=1S/C41H81NO4/c1-3-5-7-9-11-13-15-17-18-19-20-21-22-24-25-27-29-31-33-35-39(44)38(37-43)42-41(46)40(45)36-34-32-30-28-26-23-16-14-12-10-8-6-4-2/h33,35,38-40,43-45H,3-32,34,36-37H2,1-2H3,(H,42,46)/b35-33+. The molecule has 0 heterocycles. The number of nitrogens with one attached hydrogen (secondary N) is 1. The Morgan fingerprint density at radius 3 is 1.20 bits per heavy atom. The number of carbonyl (C=O) groups excluding carboxylic acids is 1. The first kappa shape index (κ1) is 45.1. The minimum absolute atomic E-state index is 0.359. The summed E-state index contributed by atoms with van der Waals surface area (Å²) >= 11 is 0. The second-order valence-corrected chi connectivity index (χ2v) is 14.2. The van der Waals surface area contributed by atoms with E-state index in [1.807, 2.05) is 6.08 Å². The molecule has 0 radical (unpaired) electrons. The molecule has 0 rings (SSSR count). The summed E-state index contributed by atoms with van der Waals surface area (Å²) in [5, 5.41) is 33.0. The first-order valence-electron chi connectivity index (χ1n) is 20.5. The highest BCUT2D eigenvalue weighted by Gasteiger charge is 2.22. The molecule has 0 aliphatic rings. The number of carbonyl (C=O) groups is 1. The summed E-state index contributed by atoms with van der Waals surface area (Å²) in [5.74, 6) is -0.501. The predicted octanol–water partition coefficient (Wildman–Crippen LogP) is 11.3. The van der Waals surface area contributed by atoms with Gasteiger partial charge in [0.15, 0.2) is 0 Å². The van der Waals surface area contributed by atoms with Gasteiger partial charge in [-0.2, -0.15) is 0 Å². The van der Waals surface area contributed by atoms with Gasteiger partial charge >= 0.3 is 0 Å². The van der Waals surface area contributed by atoms with E-state index >= 15 is 0 Å². The molecular weight excluding hydrogens is 570 g/mol. The average Bonchev–Trinajstić information content (AvgIpc) is 3.06. The van der Waals surface area contributed by atoms with E-state index in [4.69, 9.17) is 0 Å². The maximum absolute atomic E-state index is 12.4. The van der Waals surface area contributed by atoms with Gasteiger partial charge in [-0.15, -0.1) is 0 Å². The molecule has 0 saturated carbocycles. The van der Waals surface area contributed by atoms with Crippen LogP contribution in [0.25, 0.3) is 0 Å². The molecule has 0 fully saturated rings. The largest absolute Gasteiger partial charge is 0.394 e. The van der Waals surface area contributed by atoms with Crippen molar-refractivity contribution in [1.82, 2.24) is 5.32 Å². The highest BCUT2D eigenvalue weighted by atomic mass is 16.3. The van der Waals surface area contributed by atoms with E-state index in [1.54, 1.807) is 6.08 Å². The van der Waals surface area contributed by atoms with Crippen molar-refractivity contribution in [3.8, 4) is 0 Å². The molecule has 0 saturated heterocycles. The van der Waals surface area contributed by atoms with Crippen molar-refractivity contribution >= 4 is 5.91 Å². The third-order valence-electron chi connectivity index (χ3n) is 9.63. The van der Waals surface area contributed by atoms with Crippen LogP contribution in [0.15, 0.2) is 12.2 Å². The smallest absolute Gasteiger partial charge is 0.249 e. The zero-order chi connectivity index (χ0) is 33.8. The summed E-state index contributed by atoms with van der Waals surface area (Å²) < 4.78 is 0. The first-order valence-corrected chi connectivity index (χ1v) is 20.5. The maximum Gasteiger partial charge on any atom is 0.249 e. The third-order valence-corrected chi connectivity index (χ3v) is 9.63. The Hall–Kier alpha value is -0.910. The molecule has 0 aromatic heterocycles. The van der Waals surface area contributed by atoms with Crippen molar-refractivity contribution in [3.05, 3.63) is 12.2 Å². The minimum Gasteiger partial charge on any atom is -0.394 e. The summed E-state index contributed by atoms with van der Waals surface area (Å²) in [6.07, 6.45) is 42.3. The first-order chi connectivity index (χ1) is 22.6. The van der Waals surface area contributed by atoms with E-state index in [1.165, 1.54) is 167 Å². The van der Waals surface area contributed by atoms with Gasteiger partial charge in [-0.3, -0.25) is 4.79 Å². The van der Waals surface area contributed by atoms with Gasteiger partial charge < -0.3 is 20.6 Å². The number of amides is 1. The van der Waals surface area contributed by atoms with Crippen LogP contribution in [0.1, 0.15) is 219 Å². The van der Waals surface area contributed by atoms with Crippen LogP contribution in [-0.4, -0.2) is 46.1 Å². The van der Waals surface area contributed by atoms with E-state index in [0.717, 1.165) is 32.1 Å². The summed E-state index contributed by atoms with van der Waals surface area (Å²) in [6.45, 7) is 4.18. The van der Waals surface area contributed by atoms with Crippen LogP contribution in [-0.2, 0) is 4.79 Å².